The van der Waals surface area contributed by atoms with Crippen LogP contribution in [0.15, 0.2) is 10.9 Å². The lowest BCUT2D eigenvalue weighted by Gasteiger charge is -2.24. The fraction of sp³-hybridized carbons (Fsp3) is 0.765. The van der Waals surface area contributed by atoms with Crippen molar-refractivity contribution < 1.29 is 9.53 Å². The fourth-order valence-electron chi connectivity index (χ4n) is 3.01. The highest BCUT2D eigenvalue weighted by Crippen LogP contribution is 2.27. The number of aromatic amines is 1. The van der Waals surface area contributed by atoms with E-state index in [0.29, 0.717) is 6.54 Å². The zero-order chi connectivity index (χ0) is 17.0. The van der Waals surface area contributed by atoms with Crippen LogP contribution in [0.5, 0.6) is 0 Å². The summed E-state index contributed by atoms with van der Waals surface area (Å²) in [6.45, 7) is 6.56. The molecule has 1 aliphatic rings. The number of aromatic nitrogens is 2. The van der Waals surface area contributed by atoms with Crippen molar-refractivity contribution in [1.82, 2.24) is 14.7 Å². The zero-order valence-electron chi connectivity index (χ0n) is 14.7. The number of rotatable bonds is 5. The van der Waals surface area contributed by atoms with Gasteiger partial charge in [-0.2, -0.15) is 0 Å². The summed E-state index contributed by atoms with van der Waals surface area (Å²) in [7, 11) is 1.67. The second-order valence-electron chi connectivity index (χ2n) is 7.55. The average Bonchev–Trinajstić information content (AvgIpc) is 3.04. The van der Waals surface area contributed by atoms with Crippen LogP contribution in [0.3, 0.4) is 0 Å². The minimum atomic E-state index is -0.522. The van der Waals surface area contributed by atoms with E-state index >= 15 is 0 Å². The highest BCUT2D eigenvalue weighted by atomic mass is 16.6. The average molecular weight is 323 g/mol. The predicted octanol–water partition coefficient (Wildman–Crippen LogP) is 3.12. The minimum absolute atomic E-state index is 0.0319. The molecule has 6 heteroatoms. The first kappa shape index (κ1) is 17.6. The molecule has 1 N–H and O–H groups in total. The van der Waals surface area contributed by atoms with Gasteiger partial charge in [0.2, 0.25) is 0 Å². The van der Waals surface area contributed by atoms with Crippen molar-refractivity contribution in [2.45, 2.75) is 71.6 Å². The first-order valence-corrected chi connectivity index (χ1v) is 8.47. The molecule has 130 valence electrons. The number of hydrogen-bond donors (Lipinski definition) is 1. The highest BCUT2D eigenvalue weighted by molar-refractivity contribution is 5.67. The first-order chi connectivity index (χ1) is 10.7. The predicted molar refractivity (Wildman–Crippen MR) is 89.3 cm³/mol. The molecule has 1 aromatic heterocycles. The molecule has 1 aliphatic carbocycles. The second-order valence-corrected chi connectivity index (χ2v) is 7.55. The Kier molecular flexibility index (Phi) is 5.55. The molecule has 0 bridgehead atoms. The van der Waals surface area contributed by atoms with E-state index in [-0.39, 0.29) is 5.56 Å². The lowest BCUT2D eigenvalue weighted by atomic mass is 10.0. The molecular formula is C17H29N3O3. The number of hydrogen-bond acceptors (Lipinski definition) is 3. The van der Waals surface area contributed by atoms with Crippen LogP contribution in [0.2, 0.25) is 0 Å². The number of amides is 1. The maximum atomic E-state index is 12.0. The van der Waals surface area contributed by atoms with Gasteiger partial charge in [-0.3, -0.25) is 14.6 Å². The summed E-state index contributed by atoms with van der Waals surface area (Å²) < 4.78 is 6.96. The van der Waals surface area contributed by atoms with Crippen LogP contribution >= 0.6 is 0 Å². The molecule has 0 aliphatic heterocycles. The first-order valence-electron chi connectivity index (χ1n) is 8.47. The lowest BCUT2D eigenvalue weighted by Crippen LogP contribution is -2.33. The van der Waals surface area contributed by atoms with Gasteiger partial charge in [0.25, 0.3) is 5.56 Å². The standard InChI is InChI=1S/C17H29N3O3/c1-17(2,3)23-16(22)19(4)12-14-11-15(21)20(18-14)10-9-13-7-5-6-8-13/h11,13,18H,5-10,12H2,1-4H3. The third-order valence-electron chi connectivity index (χ3n) is 4.19. The normalized spacial score (nSPS) is 15.8. The molecule has 2 rings (SSSR count). The third-order valence-corrected chi connectivity index (χ3v) is 4.19. The molecule has 1 amide bonds. The van der Waals surface area contributed by atoms with Crippen molar-refractivity contribution >= 4 is 6.09 Å². The van der Waals surface area contributed by atoms with Gasteiger partial charge in [-0.1, -0.05) is 25.7 Å². The summed E-state index contributed by atoms with van der Waals surface area (Å²) in [6.07, 6.45) is 5.85. The Morgan fingerprint density at radius 1 is 1.39 bits per heavy atom. The van der Waals surface area contributed by atoms with Gasteiger partial charge in [0, 0.05) is 19.7 Å². The number of nitrogens with zero attached hydrogens (tertiary/aromatic N) is 2. The van der Waals surface area contributed by atoms with Gasteiger partial charge in [0.15, 0.2) is 0 Å². The summed E-state index contributed by atoms with van der Waals surface area (Å²) in [4.78, 5) is 25.5. The molecule has 1 fully saturated rings. The van der Waals surface area contributed by atoms with Gasteiger partial charge in [-0.15, -0.1) is 0 Å². The quantitative estimate of drug-likeness (QED) is 0.905. The third kappa shape index (κ3) is 5.44. The van der Waals surface area contributed by atoms with E-state index in [1.165, 1.54) is 30.6 Å². The summed E-state index contributed by atoms with van der Waals surface area (Å²) in [5.41, 5.74) is 0.178. The summed E-state index contributed by atoms with van der Waals surface area (Å²) in [6, 6.07) is 1.56. The van der Waals surface area contributed by atoms with Crippen molar-refractivity contribution in [1.29, 1.82) is 0 Å². The maximum absolute atomic E-state index is 12.0. The molecule has 1 heterocycles. The van der Waals surface area contributed by atoms with Crippen LogP contribution in [0.4, 0.5) is 4.79 Å². The van der Waals surface area contributed by atoms with Gasteiger partial charge in [0.05, 0.1) is 12.2 Å². The van der Waals surface area contributed by atoms with Crippen molar-refractivity contribution in [2.75, 3.05) is 7.05 Å². The summed E-state index contributed by atoms with van der Waals surface area (Å²) in [5, 5.41) is 3.11. The molecule has 6 nitrogen and oxygen atoms in total. The molecule has 0 saturated heterocycles. The second kappa shape index (κ2) is 7.23. The highest BCUT2D eigenvalue weighted by Gasteiger charge is 2.20. The maximum Gasteiger partial charge on any atom is 0.410 e. The number of nitrogens with one attached hydrogen (secondary N) is 1. The monoisotopic (exact) mass is 323 g/mol. The molecule has 23 heavy (non-hydrogen) atoms. The number of carbonyl (C=O) groups excluding carboxylic acids is 1. The van der Waals surface area contributed by atoms with Gasteiger partial charge in [-0.05, 0) is 33.1 Å². The molecule has 1 aromatic rings. The lowest BCUT2D eigenvalue weighted by molar-refractivity contribution is 0.0283. The van der Waals surface area contributed by atoms with Crippen LogP contribution in [0.25, 0.3) is 0 Å². The van der Waals surface area contributed by atoms with E-state index in [1.807, 2.05) is 20.8 Å². The van der Waals surface area contributed by atoms with Crippen molar-refractivity contribution in [3.63, 3.8) is 0 Å². The Balaban J connectivity index is 1.89. The minimum Gasteiger partial charge on any atom is -0.444 e. The molecule has 0 radical (unpaired) electrons. The summed E-state index contributed by atoms with van der Waals surface area (Å²) >= 11 is 0. The van der Waals surface area contributed by atoms with Gasteiger partial charge >= 0.3 is 6.09 Å². The molecule has 0 unspecified atom stereocenters. The fourth-order valence-corrected chi connectivity index (χ4v) is 3.01. The Hall–Kier alpha value is -1.72. The smallest absolute Gasteiger partial charge is 0.410 e. The van der Waals surface area contributed by atoms with Crippen LogP contribution in [-0.4, -0.2) is 33.4 Å². The zero-order valence-corrected chi connectivity index (χ0v) is 14.7. The topological polar surface area (TPSA) is 67.3 Å². The van der Waals surface area contributed by atoms with Crippen molar-refractivity contribution in [3.8, 4) is 0 Å². The van der Waals surface area contributed by atoms with Crippen molar-refractivity contribution in [2.24, 2.45) is 5.92 Å². The number of ether oxygens (including phenoxy) is 1. The summed E-state index contributed by atoms with van der Waals surface area (Å²) in [5.74, 6) is 0.748. The Morgan fingerprint density at radius 3 is 2.65 bits per heavy atom. The molecule has 0 spiro atoms. The number of H-pyrrole nitrogens is 1. The van der Waals surface area contributed by atoms with Crippen LogP contribution < -0.4 is 5.56 Å². The molecule has 0 atom stereocenters. The van der Waals surface area contributed by atoms with E-state index in [9.17, 15) is 9.59 Å². The molecule has 1 saturated carbocycles. The number of carbonyl (C=O) groups is 1. The van der Waals surface area contributed by atoms with E-state index < -0.39 is 11.7 Å². The molecular weight excluding hydrogens is 294 g/mol. The Morgan fingerprint density at radius 2 is 2.04 bits per heavy atom. The van der Waals surface area contributed by atoms with Crippen molar-refractivity contribution in [3.05, 3.63) is 22.1 Å². The van der Waals surface area contributed by atoms with E-state index in [1.54, 1.807) is 17.8 Å². The van der Waals surface area contributed by atoms with Gasteiger partial charge in [-0.25, -0.2) is 4.79 Å². The Bertz CT molecular complexity index is 577. The van der Waals surface area contributed by atoms with E-state index in [4.69, 9.17) is 4.74 Å². The number of aryl methyl sites for hydroxylation is 1. The van der Waals surface area contributed by atoms with Crippen LogP contribution in [0.1, 0.15) is 58.6 Å². The largest absolute Gasteiger partial charge is 0.444 e. The van der Waals surface area contributed by atoms with Crippen LogP contribution in [-0.2, 0) is 17.8 Å². The Labute approximate surface area is 137 Å². The molecule has 0 aromatic carbocycles. The SMILES string of the molecule is CN(Cc1cc(=O)n(CCC2CCCC2)[nH]1)C(=O)OC(C)(C)C. The van der Waals surface area contributed by atoms with Gasteiger partial charge < -0.3 is 9.64 Å². The van der Waals surface area contributed by atoms with Gasteiger partial charge in [0.1, 0.15) is 5.60 Å². The van der Waals surface area contributed by atoms with E-state index in [2.05, 4.69) is 5.10 Å². The van der Waals surface area contributed by atoms with Crippen LogP contribution in [0, 0.1) is 5.92 Å². The van der Waals surface area contributed by atoms with E-state index in [0.717, 1.165) is 24.6 Å².